The predicted molar refractivity (Wildman–Crippen MR) is 78.2 cm³/mol. The molecule has 0 bridgehead atoms. The molecule has 0 atom stereocenters. The summed E-state index contributed by atoms with van der Waals surface area (Å²) >= 11 is 0. The van der Waals surface area contributed by atoms with Crippen LogP contribution in [0, 0.1) is 5.92 Å². The van der Waals surface area contributed by atoms with E-state index in [0.29, 0.717) is 18.6 Å². The third-order valence-corrected chi connectivity index (χ3v) is 4.48. The normalized spacial score (nSPS) is 22.5. The molecule has 3 N–H and O–H groups in total. The molecule has 2 saturated heterocycles. The highest BCUT2D eigenvalue weighted by molar-refractivity contribution is 5.53. The van der Waals surface area contributed by atoms with Crippen molar-refractivity contribution in [1.29, 1.82) is 0 Å². The number of aliphatic hydroxyl groups excluding tert-OH is 1. The first-order chi connectivity index (χ1) is 9.26. The van der Waals surface area contributed by atoms with Crippen molar-refractivity contribution in [3.8, 4) is 0 Å². The van der Waals surface area contributed by atoms with Gasteiger partial charge in [-0.3, -0.25) is 4.90 Å². The zero-order chi connectivity index (χ0) is 13.2. The molecule has 1 aromatic carbocycles. The second-order valence-electron chi connectivity index (χ2n) is 5.81. The summed E-state index contributed by atoms with van der Waals surface area (Å²) in [5.74, 6) is 0.523. The number of rotatable bonds is 3. The van der Waals surface area contributed by atoms with Crippen molar-refractivity contribution in [3.05, 3.63) is 24.3 Å². The molecule has 2 fully saturated rings. The van der Waals surface area contributed by atoms with Crippen LogP contribution in [0.4, 0.5) is 11.4 Å². The fraction of sp³-hybridized carbons (Fsp3) is 0.600. The molecule has 0 aliphatic carbocycles. The Labute approximate surface area is 114 Å². The second-order valence-corrected chi connectivity index (χ2v) is 5.81. The average Bonchev–Trinajstić information content (AvgIpc) is 2.39. The summed E-state index contributed by atoms with van der Waals surface area (Å²) in [4.78, 5) is 4.97. The molecule has 2 heterocycles. The molecule has 2 aliphatic rings. The number of nitrogens with zero attached hydrogens (tertiary/aromatic N) is 2. The van der Waals surface area contributed by atoms with Crippen LogP contribution < -0.4 is 10.6 Å². The predicted octanol–water partition coefficient (Wildman–Crippen LogP) is 1.16. The quantitative estimate of drug-likeness (QED) is 0.802. The van der Waals surface area contributed by atoms with Crippen LogP contribution in [0.5, 0.6) is 0 Å². The molecule has 2 aliphatic heterocycles. The maximum absolute atomic E-state index is 9.07. The van der Waals surface area contributed by atoms with Crippen molar-refractivity contribution < 1.29 is 5.11 Å². The van der Waals surface area contributed by atoms with E-state index in [1.165, 1.54) is 18.5 Å². The standard InChI is InChI=1S/C15H23N3O/c16-13-1-3-14(4-2-13)17-7-5-15(6-8-17)18-9-12(10-18)11-19/h1-4,12,15,19H,5-11,16H2. The molecule has 0 saturated carbocycles. The summed E-state index contributed by atoms with van der Waals surface area (Å²) in [6.07, 6.45) is 2.45. The van der Waals surface area contributed by atoms with Gasteiger partial charge < -0.3 is 15.7 Å². The van der Waals surface area contributed by atoms with Gasteiger partial charge in [-0.2, -0.15) is 0 Å². The van der Waals surface area contributed by atoms with Crippen molar-refractivity contribution in [2.75, 3.05) is 43.4 Å². The molecule has 0 amide bonds. The number of hydrogen-bond acceptors (Lipinski definition) is 4. The van der Waals surface area contributed by atoms with Gasteiger partial charge in [0.2, 0.25) is 0 Å². The van der Waals surface area contributed by atoms with Gasteiger partial charge >= 0.3 is 0 Å². The van der Waals surface area contributed by atoms with E-state index in [0.717, 1.165) is 31.9 Å². The Morgan fingerprint density at radius 2 is 1.74 bits per heavy atom. The van der Waals surface area contributed by atoms with Gasteiger partial charge in [0, 0.05) is 56.1 Å². The fourth-order valence-corrected chi connectivity index (χ4v) is 3.20. The van der Waals surface area contributed by atoms with Crippen LogP contribution in [0.3, 0.4) is 0 Å². The molecule has 0 unspecified atom stereocenters. The topological polar surface area (TPSA) is 52.7 Å². The number of hydrogen-bond donors (Lipinski definition) is 2. The highest BCUT2D eigenvalue weighted by atomic mass is 16.3. The first-order valence-corrected chi connectivity index (χ1v) is 7.21. The van der Waals surface area contributed by atoms with Crippen molar-refractivity contribution >= 4 is 11.4 Å². The van der Waals surface area contributed by atoms with E-state index >= 15 is 0 Å². The van der Waals surface area contributed by atoms with E-state index in [9.17, 15) is 0 Å². The Kier molecular flexibility index (Phi) is 3.62. The lowest BCUT2D eigenvalue weighted by Crippen LogP contribution is -2.56. The van der Waals surface area contributed by atoms with Crippen molar-refractivity contribution in [1.82, 2.24) is 4.90 Å². The lowest BCUT2D eigenvalue weighted by molar-refractivity contribution is 0.0116. The van der Waals surface area contributed by atoms with Crippen LogP contribution in [0.2, 0.25) is 0 Å². The van der Waals surface area contributed by atoms with E-state index in [1.807, 2.05) is 12.1 Å². The van der Waals surface area contributed by atoms with Gasteiger partial charge in [0.05, 0.1) is 0 Å². The minimum atomic E-state index is 0.348. The third-order valence-electron chi connectivity index (χ3n) is 4.48. The molecule has 19 heavy (non-hydrogen) atoms. The maximum atomic E-state index is 9.07. The van der Waals surface area contributed by atoms with Gasteiger partial charge in [0.1, 0.15) is 0 Å². The van der Waals surface area contributed by atoms with Crippen LogP contribution in [0.25, 0.3) is 0 Å². The van der Waals surface area contributed by atoms with Gasteiger partial charge in [-0.25, -0.2) is 0 Å². The summed E-state index contributed by atoms with van der Waals surface area (Å²) in [6, 6.07) is 8.89. The van der Waals surface area contributed by atoms with E-state index < -0.39 is 0 Å². The number of anilines is 2. The van der Waals surface area contributed by atoms with Crippen molar-refractivity contribution in [3.63, 3.8) is 0 Å². The lowest BCUT2D eigenvalue weighted by Gasteiger charge is -2.47. The fourth-order valence-electron chi connectivity index (χ4n) is 3.20. The number of aliphatic hydroxyl groups is 1. The smallest absolute Gasteiger partial charge is 0.0483 e. The van der Waals surface area contributed by atoms with E-state index in [4.69, 9.17) is 10.8 Å². The minimum absolute atomic E-state index is 0.348. The minimum Gasteiger partial charge on any atom is -0.399 e. The molecule has 0 radical (unpaired) electrons. The summed E-state index contributed by atoms with van der Waals surface area (Å²) in [6.45, 7) is 4.76. The Morgan fingerprint density at radius 3 is 2.32 bits per heavy atom. The Hall–Kier alpha value is -1.26. The molecule has 4 nitrogen and oxygen atoms in total. The summed E-state index contributed by atoms with van der Waals surface area (Å²) in [5, 5.41) is 9.07. The van der Waals surface area contributed by atoms with Crippen LogP contribution in [0.1, 0.15) is 12.8 Å². The SMILES string of the molecule is Nc1ccc(N2CCC(N3CC(CO)C3)CC2)cc1. The zero-order valence-corrected chi connectivity index (χ0v) is 11.3. The summed E-state index contributed by atoms with van der Waals surface area (Å²) < 4.78 is 0. The largest absolute Gasteiger partial charge is 0.399 e. The lowest BCUT2D eigenvalue weighted by atomic mass is 9.93. The van der Waals surface area contributed by atoms with Crippen LogP contribution in [-0.4, -0.2) is 48.8 Å². The van der Waals surface area contributed by atoms with Crippen LogP contribution >= 0.6 is 0 Å². The molecule has 1 aromatic rings. The highest BCUT2D eigenvalue weighted by Crippen LogP contribution is 2.27. The van der Waals surface area contributed by atoms with E-state index in [1.54, 1.807) is 0 Å². The molecule has 3 rings (SSSR count). The maximum Gasteiger partial charge on any atom is 0.0483 e. The number of likely N-dealkylation sites (tertiary alicyclic amines) is 1. The molecule has 4 heteroatoms. The van der Waals surface area contributed by atoms with Crippen LogP contribution in [-0.2, 0) is 0 Å². The first kappa shape index (κ1) is 12.8. The van der Waals surface area contributed by atoms with Gasteiger partial charge in [0.15, 0.2) is 0 Å². The van der Waals surface area contributed by atoms with E-state index in [-0.39, 0.29) is 0 Å². The summed E-state index contributed by atoms with van der Waals surface area (Å²) in [5.41, 5.74) is 7.83. The number of nitrogens with two attached hydrogens (primary N) is 1. The van der Waals surface area contributed by atoms with Gasteiger partial charge in [-0.15, -0.1) is 0 Å². The Bertz CT molecular complexity index is 406. The van der Waals surface area contributed by atoms with Gasteiger partial charge in [-0.05, 0) is 37.1 Å². The van der Waals surface area contributed by atoms with Gasteiger partial charge in [0.25, 0.3) is 0 Å². The molecule has 0 aromatic heterocycles. The van der Waals surface area contributed by atoms with Crippen molar-refractivity contribution in [2.24, 2.45) is 5.92 Å². The highest BCUT2D eigenvalue weighted by Gasteiger charge is 2.33. The number of benzene rings is 1. The average molecular weight is 261 g/mol. The van der Waals surface area contributed by atoms with Gasteiger partial charge in [-0.1, -0.05) is 0 Å². The number of piperidine rings is 1. The molecule has 0 spiro atoms. The second kappa shape index (κ2) is 5.39. The van der Waals surface area contributed by atoms with Crippen molar-refractivity contribution in [2.45, 2.75) is 18.9 Å². The first-order valence-electron chi connectivity index (χ1n) is 7.21. The Balaban J connectivity index is 1.51. The molecular weight excluding hydrogens is 238 g/mol. The summed E-state index contributed by atoms with van der Waals surface area (Å²) in [7, 11) is 0. The third kappa shape index (κ3) is 2.69. The Morgan fingerprint density at radius 1 is 1.11 bits per heavy atom. The molecule has 104 valence electrons. The zero-order valence-electron chi connectivity index (χ0n) is 11.3. The van der Waals surface area contributed by atoms with E-state index in [2.05, 4.69) is 21.9 Å². The number of nitrogen functional groups attached to an aromatic ring is 1. The van der Waals surface area contributed by atoms with Crippen LogP contribution in [0.15, 0.2) is 24.3 Å². The molecular formula is C15H23N3O. The monoisotopic (exact) mass is 261 g/mol.